The molecule has 1 fully saturated rings. The van der Waals surface area contributed by atoms with Crippen LogP contribution in [0.4, 0.5) is 0 Å². The van der Waals surface area contributed by atoms with Crippen LogP contribution in [-0.4, -0.2) is 33.3 Å². The second-order valence-electron chi connectivity index (χ2n) is 7.10. The lowest BCUT2D eigenvalue weighted by atomic mass is 10.1. The van der Waals surface area contributed by atoms with Crippen LogP contribution in [0.25, 0.3) is 11.4 Å². The molecule has 1 atom stereocenters. The molecular formula is C21H22N4O4. The van der Waals surface area contributed by atoms with Crippen molar-refractivity contribution in [3.05, 3.63) is 70.0 Å². The van der Waals surface area contributed by atoms with Crippen molar-refractivity contribution in [2.75, 3.05) is 6.61 Å². The molecule has 1 N–H and O–H groups in total. The number of benzene rings is 1. The first-order valence-corrected chi connectivity index (χ1v) is 9.57. The summed E-state index contributed by atoms with van der Waals surface area (Å²) in [5, 5.41) is 6.63. The van der Waals surface area contributed by atoms with E-state index in [0.717, 1.165) is 30.6 Å². The van der Waals surface area contributed by atoms with Gasteiger partial charge >= 0.3 is 0 Å². The Labute approximate surface area is 167 Å². The number of hydrogen-bond acceptors (Lipinski definition) is 6. The summed E-state index contributed by atoms with van der Waals surface area (Å²) in [4.78, 5) is 29.5. The van der Waals surface area contributed by atoms with Gasteiger partial charge in [-0.1, -0.05) is 29.4 Å². The summed E-state index contributed by atoms with van der Waals surface area (Å²) < 4.78 is 11.9. The zero-order valence-electron chi connectivity index (χ0n) is 16.1. The number of ether oxygens (including phenoxy) is 1. The van der Waals surface area contributed by atoms with E-state index in [2.05, 4.69) is 15.5 Å². The Bertz CT molecular complexity index is 1040. The van der Waals surface area contributed by atoms with Gasteiger partial charge in [0.05, 0.1) is 12.6 Å². The molecule has 2 aromatic heterocycles. The highest BCUT2D eigenvalue weighted by Crippen LogP contribution is 2.16. The highest BCUT2D eigenvalue weighted by Gasteiger charge is 2.20. The van der Waals surface area contributed by atoms with Gasteiger partial charge in [0.2, 0.25) is 12.2 Å². The maximum atomic E-state index is 12.8. The molecule has 4 rings (SSSR count). The highest BCUT2D eigenvalue weighted by molar-refractivity contribution is 5.95. The van der Waals surface area contributed by atoms with Crippen molar-refractivity contribution >= 4 is 5.91 Å². The van der Waals surface area contributed by atoms with E-state index in [4.69, 9.17) is 9.26 Å². The minimum atomic E-state index is -0.378. The molecule has 1 amide bonds. The number of pyridine rings is 1. The Hall–Kier alpha value is -3.26. The average Bonchev–Trinajstić information content (AvgIpc) is 3.43. The summed E-state index contributed by atoms with van der Waals surface area (Å²) in [5.74, 6) is 0.128. The molecule has 1 aliphatic rings. The lowest BCUT2D eigenvalue weighted by Crippen LogP contribution is -2.35. The van der Waals surface area contributed by atoms with Crippen molar-refractivity contribution < 1.29 is 14.1 Å². The van der Waals surface area contributed by atoms with Gasteiger partial charge in [0.25, 0.3) is 11.5 Å². The van der Waals surface area contributed by atoms with Gasteiger partial charge in [0.1, 0.15) is 5.56 Å². The van der Waals surface area contributed by atoms with Crippen LogP contribution in [0.5, 0.6) is 0 Å². The van der Waals surface area contributed by atoms with Crippen LogP contribution in [0.1, 0.15) is 34.3 Å². The zero-order valence-corrected chi connectivity index (χ0v) is 16.1. The van der Waals surface area contributed by atoms with Gasteiger partial charge in [-0.3, -0.25) is 9.59 Å². The molecule has 1 aromatic carbocycles. The Balaban J connectivity index is 1.44. The van der Waals surface area contributed by atoms with E-state index in [-0.39, 0.29) is 23.1 Å². The quantitative estimate of drug-likeness (QED) is 0.689. The molecule has 0 radical (unpaired) electrons. The van der Waals surface area contributed by atoms with E-state index in [9.17, 15) is 9.59 Å². The fraction of sp³-hybridized carbons (Fsp3) is 0.333. The molecule has 0 bridgehead atoms. The molecule has 29 heavy (non-hydrogen) atoms. The van der Waals surface area contributed by atoms with Crippen LogP contribution in [-0.2, 0) is 17.8 Å². The van der Waals surface area contributed by atoms with Gasteiger partial charge in [-0.15, -0.1) is 0 Å². The predicted molar refractivity (Wildman–Crippen MR) is 105 cm³/mol. The monoisotopic (exact) mass is 394 g/mol. The number of rotatable bonds is 6. The van der Waals surface area contributed by atoms with Crippen molar-refractivity contribution in [2.45, 2.75) is 39.0 Å². The molecule has 1 unspecified atom stereocenters. The van der Waals surface area contributed by atoms with E-state index < -0.39 is 0 Å². The van der Waals surface area contributed by atoms with Crippen LogP contribution >= 0.6 is 0 Å². The summed E-state index contributed by atoms with van der Waals surface area (Å²) in [6, 6.07) is 9.26. The maximum absolute atomic E-state index is 12.8. The van der Waals surface area contributed by atoms with Crippen LogP contribution in [0, 0.1) is 6.92 Å². The third-order valence-corrected chi connectivity index (χ3v) is 5.05. The third-order valence-electron chi connectivity index (χ3n) is 5.05. The number of nitrogens with zero attached hydrogens (tertiary/aromatic N) is 3. The second-order valence-corrected chi connectivity index (χ2v) is 7.10. The molecule has 8 heteroatoms. The van der Waals surface area contributed by atoms with Crippen LogP contribution in [0.3, 0.4) is 0 Å². The third kappa shape index (κ3) is 4.27. The molecule has 3 heterocycles. The molecule has 0 aliphatic carbocycles. The van der Waals surface area contributed by atoms with Crippen molar-refractivity contribution in [1.82, 2.24) is 20.0 Å². The van der Waals surface area contributed by atoms with Crippen molar-refractivity contribution in [1.29, 1.82) is 0 Å². The fourth-order valence-electron chi connectivity index (χ4n) is 3.43. The number of nitrogens with one attached hydrogen (secondary N) is 1. The summed E-state index contributed by atoms with van der Waals surface area (Å²) >= 11 is 0. The lowest BCUT2D eigenvalue weighted by molar-refractivity contribution is 0.0928. The van der Waals surface area contributed by atoms with Gasteiger partial charge < -0.3 is 19.1 Å². The van der Waals surface area contributed by atoms with E-state index in [1.54, 1.807) is 23.8 Å². The lowest BCUT2D eigenvalue weighted by Gasteiger charge is -2.14. The summed E-state index contributed by atoms with van der Waals surface area (Å²) in [6.45, 7) is 3.28. The largest absolute Gasteiger partial charge is 0.376 e. The molecule has 1 saturated heterocycles. The van der Waals surface area contributed by atoms with Crippen LogP contribution < -0.4 is 10.9 Å². The van der Waals surface area contributed by atoms with E-state index in [0.29, 0.717) is 24.5 Å². The van der Waals surface area contributed by atoms with Gasteiger partial charge in [-0.2, -0.15) is 4.98 Å². The molecule has 8 nitrogen and oxygen atoms in total. The normalized spacial score (nSPS) is 16.1. The van der Waals surface area contributed by atoms with Crippen molar-refractivity contribution in [3.63, 3.8) is 0 Å². The van der Waals surface area contributed by atoms with Gasteiger partial charge in [0.15, 0.2) is 0 Å². The molecular weight excluding hydrogens is 372 g/mol. The SMILES string of the molecule is Cc1ccn(CC2CCCO2)c(=O)c1C(=O)NCc1ccc(-c2ncon2)cc1. The topological polar surface area (TPSA) is 99.2 Å². The Morgan fingerprint density at radius 1 is 1.28 bits per heavy atom. The fourth-order valence-corrected chi connectivity index (χ4v) is 3.43. The minimum Gasteiger partial charge on any atom is -0.376 e. The minimum absolute atomic E-state index is 0.0315. The number of carbonyl (C=O) groups excluding carboxylic acids is 1. The molecule has 150 valence electrons. The highest BCUT2D eigenvalue weighted by atomic mass is 16.5. The number of aromatic nitrogens is 3. The Morgan fingerprint density at radius 3 is 2.79 bits per heavy atom. The van der Waals surface area contributed by atoms with Crippen molar-refractivity contribution in [2.24, 2.45) is 0 Å². The standard InChI is InChI=1S/C21H22N4O4/c1-14-8-9-25(12-17-3-2-10-28-17)21(27)18(14)20(26)22-11-15-4-6-16(7-5-15)19-23-13-29-24-19/h4-9,13,17H,2-3,10-12H2,1H3,(H,22,26). The van der Waals surface area contributed by atoms with Gasteiger partial charge in [-0.25, -0.2) is 0 Å². The van der Waals surface area contributed by atoms with Gasteiger partial charge in [-0.05, 0) is 37.0 Å². The van der Waals surface area contributed by atoms with Crippen molar-refractivity contribution in [3.8, 4) is 11.4 Å². The Kier molecular flexibility index (Phi) is 5.53. The maximum Gasteiger partial charge on any atom is 0.263 e. The number of amides is 1. The number of hydrogen-bond donors (Lipinski definition) is 1. The first kappa shape index (κ1) is 19.1. The molecule has 0 saturated carbocycles. The van der Waals surface area contributed by atoms with E-state index >= 15 is 0 Å². The molecule has 1 aliphatic heterocycles. The summed E-state index contributed by atoms with van der Waals surface area (Å²) in [7, 11) is 0. The summed E-state index contributed by atoms with van der Waals surface area (Å²) in [6.07, 6.45) is 4.97. The first-order valence-electron chi connectivity index (χ1n) is 9.57. The predicted octanol–water partition coefficient (Wildman–Crippen LogP) is 2.32. The summed E-state index contributed by atoms with van der Waals surface area (Å²) in [5.41, 5.74) is 2.27. The zero-order chi connectivity index (χ0) is 20.2. The number of aryl methyl sites for hydroxylation is 1. The van der Waals surface area contributed by atoms with E-state index in [1.165, 1.54) is 6.39 Å². The smallest absolute Gasteiger partial charge is 0.263 e. The number of carbonyl (C=O) groups is 1. The van der Waals surface area contributed by atoms with E-state index in [1.807, 2.05) is 24.3 Å². The van der Waals surface area contributed by atoms with Crippen LogP contribution in [0.2, 0.25) is 0 Å². The second kappa shape index (κ2) is 8.40. The first-order chi connectivity index (χ1) is 14.1. The van der Waals surface area contributed by atoms with Gasteiger partial charge in [0, 0.05) is 24.9 Å². The Morgan fingerprint density at radius 2 is 2.10 bits per heavy atom. The molecule has 0 spiro atoms. The van der Waals surface area contributed by atoms with Crippen LogP contribution in [0.15, 0.2) is 52.2 Å². The average molecular weight is 394 g/mol. The molecule has 3 aromatic rings.